The van der Waals surface area contributed by atoms with Crippen LogP contribution in [-0.2, 0) is 0 Å². The monoisotopic (exact) mass is 296 g/mol. The molecule has 0 saturated carbocycles. The Morgan fingerprint density at radius 3 is 2.05 bits per heavy atom. The number of carbonyl (C=O) groups is 2. The van der Waals surface area contributed by atoms with Crippen molar-refractivity contribution in [1.29, 1.82) is 0 Å². The van der Waals surface area contributed by atoms with Crippen LogP contribution in [0.2, 0.25) is 0 Å². The molecule has 2 aromatic rings. The fourth-order valence-electron chi connectivity index (χ4n) is 2.10. The van der Waals surface area contributed by atoms with E-state index in [1.165, 1.54) is 6.21 Å². The van der Waals surface area contributed by atoms with E-state index in [9.17, 15) is 9.59 Å². The van der Waals surface area contributed by atoms with Gasteiger partial charge in [-0.15, -0.1) is 11.8 Å². The van der Waals surface area contributed by atoms with E-state index in [-0.39, 0.29) is 11.8 Å². The molecule has 0 radical (unpaired) electrons. The van der Waals surface area contributed by atoms with Gasteiger partial charge >= 0.3 is 0 Å². The zero-order valence-corrected chi connectivity index (χ0v) is 12.1. The molecular formula is C16H12N2O2S. The van der Waals surface area contributed by atoms with Gasteiger partial charge in [0.25, 0.3) is 11.8 Å². The molecule has 1 heterocycles. The average molecular weight is 296 g/mol. The topological polar surface area (TPSA) is 49.7 Å². The number of benzene rings is 2. The van der Waals surface area contributed by atoms with Crippen molar-refractivity contribution >= 4 is 29.8 Å². The molecule has 0 bridgehead atoms. The first kappa shape index (κ1) is 13.6. The van der Waals surface area contributed by atoms with Crippen molar-refractivity contribution in [2.24, 2.45) is 5.10 Å². The Kier molecular flexibility index (Phi) is 3.58. The van der Waals surface area contributed by atoms with E-state index in [0.717, 1.165) is 15.5 Å². The summed E-state index contributed by atoms with van der Waals surface area (Å²) in [5.74, 6) is -0.764. The summed E-state index contributed by atoms with van der Waals surface area (Å²) in [4.78, 5) is 25.4. The van der Waals surface area contributed by atoms with Crippen LogP contribution in [-0.4, -0.2) is 29.3 Å². The molecule has 0 spiro atoms. The molecule has 2 amide bonds. The minimum atomic E-state index is -0.382. The summed E-state index contributed by atoms with van der Waals surface area (Å²) in [7, 11) is 0. The van der Waals surface area contributed by atoms with E-state index in [1.807, 2.05) is 30.5 Å². The number of hydrazone groups is 1. The minimum Gasteiger partial charge on any atom is -0.267 e. The van der Waals surface area contributed by atoms with Crippen molar-refractivity contribution in [3.63, 3.8) is 0 Å². The summed E-state index contributed by atoms with van der Waals surface area (Å²) in [6.45, 7) is 0. The smallest absolute Gasteiger partial charge is 0.267 e. The van der Waals surface area contributed by atoms with Gasteiger partial charge in [-0.25, -0.2) is 0 Å². The zero-order chi connectivity index (χ0) is 14.8. The zero-order valence-electron chi connectivity index (χ0n) is 11.3. The number of hydrogen-bond acceptors (Lipinski definition) is 4. The normalized spacial score (nSPS) is 14.0. The number of rotatable bonds is 3. The Hall–Kier alpha value is -2.40. The second-order valence-electron chi connectivity index (χ2n) is 4.49. The third kappa shape index (κ3) is 2.48. The summed E-state index contributed by atoms with van der Waals surface area (Å²) < 4.78 is 0. The highest BCUT2D eigenvalue weighted by molar-refractivity contribution is 7.98. The van der Waals surface area contributed by atoms with Gasteiger partial charge in [0.05, 0.1) is 17.3 Å². The molecule has 1 aliphatic rings. The highest BCUT2D eigenvalue weighted by Crippen LogP contribution is 2.22. The van der Waals surface area contributed by atoms with Gasteiger partial charge in [-0.1, -0.05) is 24.3 Å². The Morgan fingerprint density at radius 2 is 1.52 bits per heavy atom. The highest BCUT2D eigenvalue weighted by atomic mass is 32.2. The predicted molar refractivity (Wildman–Crippen MR) is 82.8 cm³/mol. The van der Waals surface area contributed by atoms with Gasteiger partial charge in [-0.3, -0.25) is 9.59 Å². The summed E-state index contributed by atoms with van der Waals surface area (Å²) in [5, 5.41) is 4.94. The molecule has 3 rings (SSSR count). The number of thioether (sulfide) groups is 1. The lowest BCUT2D eigenvalue weighted by atomic mass is 10.1. The molecule has 0 fully saturated rings. The maximum atomic E-state index is 12.1. The van der Waals surface area contributed by atoms with E-state index in [0.29, 0.717) is 11.1 Å². The quantitative estimate of drug-likeness (QED) is 0.497. The Labute approximate surface area is 126 Å². The van der Waals surface area contributed by atoms with Crippen LogP contribution in [0.4, 0.5) is 0 Å². The Morgan fingerprint density at radius 1 is 0.952 bits per heavy atom. The third-order valence-corrected chi connectivity index (χ3v) is 3.95. The Bertz CT molecular complexity index is 703. The summed E-state index contributed by atoms with van der Waals surface area (Å²) >= 11 is 1.65. The van der Waals surface area contributed by atoms with E-state index in [2.05, 4.69) is 5.10 Å². The van der Waals surface area contributed by atoms with Gasteiger partial charge in [0.1, 0.15) is 0 Å². The maximum absolute atomic E-state index is 12.1. The number of amides is 2. The average Bonchev–Trinajstić information content (AvgIpc) is 2.78. The minimum absolute atomic E-state index is 0.382. The van der Waals surface area contributed by atoms with Crippen LogP contribution in [0, 0.1) is 0 Å². The SMILES string of the molecule is CSc1ccc(C=NN2C(=O)c3ccccc3C2=O)cc1. The van der Waals surface area contributed by atoms with Gasteiger partial charge in [0.2, 0.25) is 0 Å². The fourth-order valence-corrected chi connectivity index (χ4v) is 2.50. The van der Waals surface area contributed by atoms with Gasteiger partial charge in [0, 0.05) is 4.90 Å². The largest absolute Gasteiger partial charge is 0.282 e. The number of nitrogens with zero attached hydrogens (tertiary/aromatic N) is 2. The van der Waals surface area contributed by atoms with Crippen molar-refractivity contribution in [2.45, 2.75) is 4.90 Å². The molecule has 0 N–H and O–H groups in total. The molecule has 0 aromatic heterocycles. The lowest BCUT2D eigenvalue weighted by molar-refractivity contribution is 0.0660. The first-order valence-electron chi connectivity index (χ1n) is 6.36. The molecule has 21 heavy (non-hydrogen) atoms. The second-order valence-corrected chi connectivity index (χ2v) is 5.37. The van der Waals surface area contributed by atoms with Crippen molar-refractivity contribution in [2.75, 3.05) is 6.26 Å². The van der Waals surface area contributed by atoms with Crippen molar-refractivity contribution < 1.29 is 9.59 Å². The lowest BCUT2D eigenvalue weighted by Gasteiger charge is -2.05. The van der Waals surface area contributed by atoms with Crippen molar-refractivity contribution in [3.05, 3.63) is 65.2 Å². The Balaban J connectivity index is 1.84. The first-order chi connectivity index (χ1) is 10.2. The molecule has 0 saturated heterocycles. The highest BCUT2D eigenvalue weighted by Gasteiger charge is 2.35. The summed E-state index contributed by atoms with van der Waals surface area (Å²) in [5.41, 5.74) is 1.64. The molecule has 0 atom stereocenters. The van der Waals surface area contributed by atoms with Gasteiger partial charge in [-0.2, -0.15) is 10.1 Å². The predicted octanol–water partition coefficient (Wildman–Crippen LogP) is 3.04. The van der Waals surface area contributed by atoms with E-state index >= 15 is 0 Å². The number of fused-ring (bicyclic) bond motifs is 1. The summed E-state index contributed by atoms with van der Waals surface area (Å²) in [6, 6.07) is 14.5. The molecule has 1 aliphatic heterocycles. The first-order valence-corrected chi connectivity index (χ1v) is 7.59. The molecule has 5 heteroatoms. The molecule has 0 unspecified atom stereocenters. The van der Waals surface area contributed by atoms with Crippen LogP contribution < -0.4 is 0 Å². The van der Waals surface area contributed by atoms with Crippen LogP contribution in [0.1, 0.15) is 26.3 Å². The number of carbonyl (C=O) groups excluding carboxylic acids is 2. The summed E-state index contributed by atoms with van der Waals surface area (Å²) in [6.07, 6.45) is 3.52. The van der Waals surface area contributed by atoms with Crippen molar-refractivity contribution in [1.82, 2.24) is 5.01 Å². The van der Waals surface area contributed by atoms with Crippen LogP contribution in [0.5, 0.6) is 0 Å². The van der Waals surface area contributed by atoms with Crippen LogP contribution in [0.15, 0.2) is 58.5 Å². The van der Waals surface area contributed by atoms with Gasteiger partial charge in [0.15, 0.2) is 0 Å². The van der Waals surface area contributed by atoms with Crippen LogP contribution >= 0.6 is 11.8 Å². The number of imide groups is 1. The van der Waals surface area contributed by atoms with Crippen LogP contribution in [0.3, 0.4) is 0 Å². The van der Waals surface area contributed by atoms with E-state index in [1.54, 1.807) is 36.0 Å². The molecule has 4 nitrogen and oxygen atoms in total. The second kappa shape index (κ2) is 5.54. The fraction of sp³-hybridized carbons (Fsp3) is 0.0625. The molecular weight excluding hydrogens is 284 g/mol. The molecule has 104 valence electrons. The van der Waals surface area contributed by atoms with Gasteiger partial charge < -0.3 is 0 Å². The van der Waals surface area contributed by atoms with E-state index in [4.69, 9.17) is 0 Å². The van der Waals surface area contributed by atoms with Crippen LogP contribution in [0.25, 0.3) is 0 Å². The standard InChI is InChI=1S/C16H12N2O2S/c1-21-12-8-6-11(7-9-12)10-17-18-15(19)13-4-2-3-5-14(13)16(18)20/h2-10H,1H3. The van der Waals surface area contributed by atoms with E-state index < -0.39 is 0 Å². The lowest BCUT2D eigenvalue weighted by Crippen LogP contribution is -2.23. The molecule has 2 aromatic carbocycles. The number of hydrogen-bond donors (Lipinski definition) is 0. The van der Waals surface area contributed by atoms with Crippen molar-refractivity contribution in [3.8, 4) is 0 Å². The third-order valence-electron chi connectivity index (χ3n) is 3.21. The maximum Gasteiger partial charge on any atom is 0.282 e. The molecule has 0 aliphatic carbocycles. The van der Waals surface area contributed by atoms with Gasteiger partial charge in [-0.05, 0) is 36.1 Å².